The van der Waals surface area contributed by atoms with Crippen LogP contribution < -0.4 is 9.64 Å². The standard InChI is InChI=1S/C21H20ClN3O2S/c1-24-7-9-25(10-8-24)14-6-5-13-11-15(21(26)27-17(13)12-14)20-23-19-16(22)3-2-4-18(19)28-20/h2-6,12,15H,7-11H2,1H3. The van der Waals surface area contributed by atoms with Crippen LogP contribution in [-0.2, 0) is 11.2 Å². The Morgan fingerprint density at radius 2 is 2.00 bits per heavy atom. The van der Waals surface area contributed by atoms with Gasteiger partial charge in [-0.2, -0.15) is 0 Å². The van der Waals surface area contributed by atoms with Gasteiger partial charge in [-0.05, 0) is 37.2 Å². The third-order valence-corrected chi connectivity index (χ3v) is 6.96. The molecule has 1 unspecified atom stereocenters. The summed E-state index contributed by atoms with van der Waals surface area (Å²) in [7, 11) is 2.14. The average molecular weight is 414 g/mol. The molecule has 2 aliphatic heterocycles. The number of halogens is 1. The molecule has 0 bridgehead atoms. The van der Waals surface area contributed by atoms with Gasteiger partial charge >= 0.3 is 5.97 Å². The maximum atomic E-state index is 12.7. The van der Waals surface area contributed by atoms with Gasteiger partial charge in [-0.3, -0.25) is 4.79 Å². The van der Waals surface area contributed by atoms with E-state index in [4.69, 9.17) is 16.3 Å². The number of fused-ring (bicyclic) bond motifs is 2. The molecule has 1 fully saturated rings. The number of carbonyl (C=O) groups is 1. The lowest BCUT2D eigenvalue weighted by Gasteiger charge is -2.34. The molecule has 7 heteroatoms. The third kappa shape index (κ3) is 3.15. The summed E-state index contributed by atoms with van der Waals surface area (Å²) >= 11 is 7.76. The van der Waals surface area contributed by atoms with Gasteiger partial charge in [0.05, 0.1) is 9.72 Å². The number of para-hydroxylation sites is 1. The van der Waals surface area contributed by atoms with Gasteiger partial charge in [0.25, 0.3) is 0 Å². The van der Waals surface area contributed by atoms with Crippen molar-refractivity contribution < 1.29 is 9.53 Å². The highest BCUT2D eigenvalue weighted by atomic mass is 35.5. The molecule has 0 amide bonds. The molecule has 0 N–H and O–H groups in total. The fourth-order valence-corrected chi connectivity index (χ4v) is 5.18. The van der Waals surface area contributed by atoms with Gasteiger partial charge in [-0.25, -0.2) is 4.98 Å². The van der Waals surface area contributed by atoms with Gasteiger partial charge in [0.2, 0.25) is 0 Å². The normalized spacial score (nSPS) is 20.3. The van der Waals surface area contributed by atoms with Crippen molar-refractivity contribution in [3.63, 3.8) is 0 Å². The molecular formula is C21H20ClN3O2S. The minimum absolute atomic E-state index is 0.238. The van der Waals surface area contributed by atoms with Crippen molar-refractivity contribution in [1.29, 1.82) is 0 Å². The van der Waals surface area contributed by atoms with Crippen LogP contribution in [0.2, 0.25) is 5.02 Å². The van der Waals surface area contributed by atoms with Gasteiger partial charge < -0.3 is 14.5 Å². The smallest absolute Gasteiger partial charge is 0.321 e. The number of benzene rings is 2. The Labute approximate surface area is 172 Å². The summed E-state index contributed by atoms with van der Waals surface area (Å²) in [6.45, 7) is 4.05. The number of hydrogen-bond donors (Lipinski definition) is 0. The number of likely N-dealkylation sites (N-methyl/N-ethyl adjacent to an activating group) is 1. The second-order valence-corrected chi connectivity index (χ2v) is 8.87. The Balaban J connectivity index is 1.42. The SMILES string of the molecule is CN1CCN(c2ccc3c(c2)OC(=O)C(c2nc4c(Cl)cccc4s2)C3)CC1. The Morgan fingerprint density at radius 1 is 1.18 bits per heavy atom. The van der Waals surface area contributed by atoms with Crippen LogP contribution >= 0.6 is 22.9 Å². The molecule has 5 nitrogen and oxygen atoms in total. The molecular weight excluding hydrogens is 394 g/mol. The zero-order chi connectivity index (χ0) is 19.3. The van der Waals surface area contributed by atoms with Gasteiger partial charge in [-0.15, -0.1) is 11.3 Å². The quantitative estimate of drug-likeness (QED) is 0.470. The highest BCUT2D eigenvalue weighted by Gasteiger charge is 2.33. The van der Waals surface area contributed by atoms with E-state index in [1.807, 2.05) is 24.3 Å². The fraction of sp³-hybridized carbons (Fsp3) is 0.333. The molecule has 0 aliphatic carbocycles. The molecule has 2 aromatic carbocycles. The van der Waals surface area contributed by atoms with Crippen molar-refractivity contribution in [2.45, 2.75) is 12.3 Å². The van der Waals surface area contributed by atoms with Crippen LogP contribution in [0.1, 0.15) is 16.5 Å². The van der Waals surface area contributed by atoms with Crippen molar-refractivity contribution in [2.24, 2.45) is 0 Å². The Bertz CT molecular complexity index is 1060. The van der Waals surface area contributed by atoms with Crippen LogP contribution in [0.15, 0.2) is 36.4 Å². The van der Waals surface area contributed by atoms with Crippen LogP contribution in [0.25, 0.3) is 10.2 Å². The number of piperazine rings is 1. The third-order valence-electron chi connectivity index (χ3n) is 5.52. The van der Waals surface area contributed by atoms with Crippen molar-refractivity contribution >= 4 is 44.8 Å². The van der Waals surface area contributed by atoms with E-state index in [2.05, 4.69) is 34.0 Å². The molecule has 3 aromatic rings. The number of anilines is 1. The summed E-state index contributed by atoms with van der Waals surface area (Å²) in [6, 6.07) is 11.9. The first kappa shape index (κ1) is 17.9. The Kier molecular flexibility index (Phi) is 4.50. The number of hydrogen-bond acceptors (Lipinski definition) is 6. The first-order chi connectivity index (χ1) is 13.6. The van der Waals surface area contributed by atoms with Crippen molar-refractivity contribution in [1.82, 2.24) is 9.88 Å². The van der Waals surface area contributed by atoms with E-state index >= 15 is 0 Å². The maximum Gasteiger partial charge on any atom is 0.321 e. The minimum Gasteiger partial charge on any atom is -0.426 e. The van der Waals surface area contributed by atoms with Crippen molar-refractivity contribution in [2.75, 3.05) is 38.1 Å². The van der Waals surface area contributed by atoms with E-state index in [1.165, 1.54) is 11.3 Å². The van der Waals surface area contributed by atoms with E-state index in [0.717, 1.165) is 52.7 Å². The van der Waals surface area contributed by atoms with E-state index < -0.39 is 0 Å². The lowest BCUT2D eigenvalue weighted by atomic mass is 9.96. The summed E-state index contributed by atoms with van der Waals surface area (Å²) in [5.74, 6) is 0.0606. The van der Waals surface area contributed by atoms with Crippen LogP contribution in [0.3, 0.4) is 0 Å². The minimum atomic E-state index is -0.379. The summed E-state index contributed by atoms with van der Waals surface area (Å²) in [4.78, 5) is 22.0. The second kappa shape index (κ2) is 7.03. The van der Waals surface area contributed by atoms with Crippen LogP contribution in [0.4, 0.5) is 5.69 Å². The fourth-order valence-electron chi connectivity index (χ4n) is 3.82. The molecule has 1 atom stereocenters. The number of ether oxygens (including phenoxy) is 1. The highest BCUT2D eigenvalue weighted by molar-refractivity contribution is 7.18. The van der Waals surface area contributed by atoms with E-state index in [0.29, 0.717) is 17.2 Å². The lowest BCUT2D eigenvalue weighted by Crippen LogP contribution is -2.44. The molecule has 28 heavy (non-hydrogen) atoms. The summed E-state index contributed by atoms with van der Waals surface area (Å²) in [6.07, 6.45) is 0.606. The van der Waals surface area contributed by atoms with Gasteiger partial charge in [0.15, 0.2) is 0 Å². The summed E-state index contributed by atoms with van der Waals surface area (Å²) < 4.78 is 6.73. The number of esters is 1. The molecule has 0 spiro atoms. The Morgan fingerprint density at radius 3 is 2.79 bits per heavy atom. The first-order valence-electron chi connectivity index (χ1n) is 9.41. The van der Waals surface area contributed by atoms with Gasteiger partial charge in [0, 0.05) is 37.9 Å². The number of carbonyl (C=O) groups excluding carboxylic acids is 1. The van der Waals surface area contributed by atoms with E-state index in [9.17, 15) is 4.79 Å². The molecule has 1 saturated heterocycles. The van der Waals surface area contributed by atoms with Crippen molar-refractivity contribution in [3.8, 4) is 5.75 Å². The molecule has 5 rings (SSSR count). The molecule has 0 saturated carbocycles. The molecule has 0 radical (unpaired) electrons. The average Bonchev–Trinajstić information content (AvgIpc) is 3.13. The molecule has 144 valence electrons. The second-order valence-electron chi connectivity index (χ2n) is 7.40. The van der Waals surface area contributed by atoms with Crippen LogP contribution in [-0.4, -0.2) is 49.1 Å². The lowest BCUT2D eigenvalue weighted by molar-refractivity contribution is -0.137. The highest BCUT2D eigenvalue weighted by Crippen LogP contribution is 2.39. The van der Waals surface area contributed by atoms with Gasteiger partial charge in [-0.1, -0.05) is 23.7 Å². The number of thiazole rings is 1. The molecule has 3 heterocycles. The van der Waals surface area contributed by atoms with Gasteiger partial charge in [0.1, 0.15) is 22.2 Å². The van der Waals surface area contributed by atoms with Crippen molar-refractivity contribution in [3.05, 3.63) is 52.0 Å². The van der Waals surface area contributed by atoms with Crippen LogP contribution in [0.5, 0.6) is 5.75 Å². The summed E-state index contributed by atoms with van der Waals surface area (Å²) in [5.41, 5.74) is 2.92. The summed E-state index contributed by atoms with van der Waals surface area (Å²) in [5, 5.41) is 1.38. The largest absolute Gasteiger partial charge is 0.426 e. The number of nitrogens with zero attached hydrogens (tertiary/aromatic N) is 3. The first-order valence-corrected chi connectivity index (χ1v) is 10.6. The zero-order valence-corrected chi connectivity index (χ0v) is 17.1. The molecule has 1 aromatic heterocycles. The van der Waals surface area contributed by atoms with E-state index in [-0.39, 0.29) is 11.9 Å². The number of aromatic nitrogens is 1. The van der Waals surface area contributed by atoms with Crippen LogP contribution in [0, 0.1) is 0 Å². The number of rotatable bonds is 2. The zero-order valence-electron chi connectivity index (χ0n) is 15.5. The van der Waals surface area contributed by atoms with E-state index in [1.54, 1.807) is 0 Å². The Hall–Kier alpha value is -2.15. The molecule has 2 aliphatic rings. The maximum absolute atomic E-state index is 12.7. The predicted molar refractivity (Wildman–Crippen MR) is 113 cm³/mol. The monoisotopic (exact) mass is 413 g/mol. The predicted octanol–water partition coefficient (Wildman–Crippen LogP) is 3.95. The topological polar surface area (TPSA) is 45.7 Å².